The highest BCUT2D eigenvalue weighted by atomic mass is 16.9. The maximum atomic E-state index is 13.0. The molecule has 3 fully saturated rings. The van der Waals surface area contributed by atoms with Crippen molar-refractivity contribution in [3.8, 4) is 0 Å². The Labute approximate surface area is 202 Å². The zero-order valence-corrected chi connectivity index (χ0v) is 20.2. The maximum Gasteiger partial charge on any atom is 0.305 e. The van der Waals surface area contributed by atoms with Crippen LogP contribution in [0, 0.1) is 0 Å². The molecule has 3 saturated heterocycles. The second-order valence-corrected chi connectivity index (χ2v) is 9.78. The summed E-state index contributed by atoms with van der Waals surface area (Å²) in [6.07, 6.45) is -1.22. The molecule has 0 spiro atoms. The second kappa shape index (κ2) is 9.43. The van der Waals surface area contributed by atoms with E-state index in [4.69, 9.17) is 23.7 Å². The summed E-state index contributed by atoms with van der Waals surface area (Å²) in [6, 6.07) is 1.20. The quantitative estimate of drug-likeness (QED) is 0.491. The van der Waals surface area contributed by atoms with Crippen molar-refractivity contribution in [1.82, 2.24) is 15.6 Å². The van der Waals surface area contributed by atoms with E-state index < -0.39 is 78.6 Å². The number of fused-ring (bicyclic) bond motifs is 3. The minimum Gasteiger partial charge on any atom is -0.481 e. The Morgan fingerprint density at radius 2 is 1.69 bits per heavy atom. The Bertz CT molecular complexity index is 970. The molecule has 35 heavy (non-hydrogen) atoms. The standard InChI is InChI=1S/C23H31N3O9/c1-11(25-20(30)12-7-6-8-24-10-12)19(29)26-13(9-14(27)28)15-16-17(33-22(2,3)32-16)18-21(31-15)35-23(4,5)34-18/h6-8,10-11,13,15-18,21H,9H2,1-5H3,(H,25,30)(H,26,29)(H,27,28)/t11-,13+,15+,16-,17-,18+,21+/m0/s1. The first-order valence-corrected chi connectivity index (χ1v) is 11.4. The van der Waals surface area contributed by atoms with Crippen LogP contribution in [0.1, 0.15) is 51.4 Å². The number of ether oxygens (including phenoxy) is 5. The highest BCUT2D eigenvalue weighted by Crippen LogP contribution is 2.45. The van der Waals surface area contributed by atoms with Crippen LogP contribution in [0.5, 0.6) is 0 Å². The highest BCUT2D eigenvalue weighted by Gasteiger charge is 2.62. The lowest BCUT2D eigenvalue weighted by molar-refractivity contribution is -0.240. The predicted octanol–water partition coefficient (Wildman–Crippen LogP) is 0.556. The number of hydrogen-bond donors (Lipinski definition) is 3. The molecular formula is C23H31N3O9. The molecule has 7 atom stereocenters. The molecule has 4 rings (SSSR count). The van der Waals surface area contributed by atoms with Gasteiger partial charge in [0.05, 0.1) is 18.0 Å². The molecule has 12 nitrogen and oxygen atoms in total. The minimum absolute atomic E-state index is 0.290. The molecule has 192 valence electrons. The third kappa shape index (κ3) is 5.62. The third-order valence-corrected chi connectivity index (χ3v) is 5.97. The molecule has 0 saturated carbocycles. The van der Waals surface area contributed by atoms with Crippen molar-refractivity contribution < 1.29 is 43.2 Å². The van der Waals surface area contributed by atoms with Gasteiger partial charge in [0.15, 0.2) is 17.9 Å². The van der Waals surface area contributed by atoms with Crippen LogP contribution in [-0.4, -0.2) is 82.2 Å². The van der Waals surface area contributed by atoms with Crippen LogP contribution in [0.15, 0.2) is 24.5 Å². The van der Waals surface area contributed by atoms with E-state index in [-0.39, 0.29) is 0 Å². The van der Waals surface area contributed by atoms with Gasteiger partial charge in [-0.3, -0.25) is 19.4 Å². The van der Waals surface area contributed by atoms with Gasteiger partial charge in [-0.05, 0) is 46.8 Å². The van der Waals surface area contributed by atoms with E-state index in [0.717, 1.165) is 0 Å². The lowest BCUT2D eigenvalue weighted by atomic mass is 9.92. The van der Waals surface area contributed by atoms with Gasteiger partial charge in [0, 0.05) is 12.4 Å². The van der Waals surface area contributed by atoms with Crippen molar-refractivity contribution in [3.05, 3.63) is 30.1 Å². The van der Waals surface area contributed by atoms with Gasteiger partial charge in [-0.2, -0.15) is 0 Å². The fraction of sp³-hybridized carbons (Fsp3) is 0.652. The third-order valence-electron chi connectivity index (χ3n) is 5.97. The second-order valence-electron chi connectivity index (χ2n) is 9.78. The van der Waals surface area contributed by atoms with E-state index >= 15 is 0 Å². The molecule has 0 bridgehead atoms. The van der Waals surface area contributed by atoms with Gasteiger partial charge >= 0.3 is 5.97 Å². The number of carboxylic acids is 1. The van der Waals surface area contributed by atoms with E-state index in [2.05, 4.69) is 15.6 Å². The summed E-state index contributed by atoms with van der Waals surface area (Å²) in [7, 11) is 0. The van der Waals surface area contributed by atoms with Gasteiger partial charge in [-0.25, -0.2) is 0 Å². The molecular weight excluding hydrogens is 462 g/mol. The molecule has 0 unspecified atom stereocenters. The lowest BCUT2D eigenvalue weighted by Crippen LogP contribution is -2.63. The number of nitrogens with zero attached hydrogens (tertiary/aromatic N) is 1. The van der Waals surface area contributed by atoms with Crippen molar-refractivity contribution >= 4 is 17.8 Å². The number of carbonyl (C=O) groups is 3. The normalized spacial score (nSPS) is 32.1. The number of hydrogen-bond acceptors (Lipinski definition) is 9. The van der Waals surface area contributed by atoms with Crippen LogP contribution in [0.25, 0.3) is 0 Å². The molecule has 1 aromatic rings. The number of carboxylic acid groups (broad SMARTS) is 1. The Hall–Kier alpha value is -2.64. The number of pyridine rings is 1. The summed E-state index contributed by atoms with van der Waals surface area (Å²) < 4.78 is 30.1. The molecule has 2 amide bonds. The zero-order chi connectivity index (χ0) is 25.5. The van der Waals surface area contributed by atoms with Gasteiger partial charge in [0.25, 0.3) is 5.91 Å². The summed E-state index contributed by atoms with van der Waals surface area (Å²) in [5.41, 5.74) is 0.290. The highest BCUT2D eigenvalue weighted by molar-refractivity contribution is 5.97. The molecule has 3 N–H and O–H groups in total. The van der Waals surface area contributed by atoms with E-state index in [1.165, 1.54) is 19.3 Å². The summed E-state index contributed by atoms with van der Waals surface area (Å²) in [6.45, 7) is 8.45. The van der Waals surface area contributed by atoms with Crippen molar-refractivity contribution in [1.29, 1.82) is 0 Å². The topological polar surface area (TPSA) is 155 Å². The Morgan fingerprint density at radius 3 is 2.34 bits per heavy atom. The average Bonchev–Trinajstić information content (AvgIpc) is 3.26. The first kappa shape index (κ1) is 25.5. The first-order valence-electron chi connectivity index (χ1n) is 11.4. The predicted molar refractivity (Wildman–Crippen MR) is 118 cm³/mol. The average molecular weight is 494 g/mol. The Kier molecular flexibility index (Phi) is 6.86. The zero-order valence-electron chi connectivity index (χ0n) is 20.2. The number of rotatable bonds is 7. The number of amides is 2. The Balaban J connectivity index is 1.51. The summed E-state index contributed by atoms with van der Waals surface area (Å²) in [5, 5.41) is 14.9. The lowest BCUT2D eigenvalue weighted by Gasteiger charge is -2.40. The number of aliphatic carboxylic acids is 1. The number of carbonyl (C=O) groups excluding carboxylic acids is 2. The van der Waals surface area contributed by atoms with Crippen LogP contribution < -0.4 is 10.6 Å². The van der Waals surface area contributed by atoms with Crippen LogP contribution >= 0.6 is 0 Å². The van der Waals surface area contributed by atoms with Gasteiger partial charge < -0.3 is 39.4 Å². The van der Waals surface area contributed by atoms with Gasteiger partial charge in [0.1, 0.15) is 30.5 Å². The fourth-order valence-electron chi connectivity index (χ4n) is 4.55. The molecule has 0 aliphatic carbocycles. The summed E-state index contributed by atoms with van der Waals surface area (Å²) >= 11 is 0. The molecule has 3 aliphatic rings. The molecule has 12 heteroatoms. The molecule has 0 radical (unpaired) electrons. The van der Waals surface area contributed by atoms with E-state index in [1.54, 1.807) is 39.8 Å². The molecule has 1 aromatic heterocycles. The summed E-state index contributed by atoms with van der Waals surface area (Å²) in [4.78, 5) is 41.0. The molecule has 3 aliphatic heterocycles. The summed E-state index contributed by atoms with van der Waals surface area (Å²) in [5.74, 6) is -4.14. The SMILES string of the molecule is C[C@H](NC(=O)c1cccnc1)C(=O)N[C@H](CC(=O)O)[C@H]1O[C@@H]2OC(C)(C)O[C@@H]2[C@H]2OC(C)(C)O[C@H]21. The van der Waals surface area contributed by atoms with Gasteiger partial charge in [0.2, 0.25) is 5.91 Å². The van der Waals surface area contributed by atoms with Crippen molar-refractivity contribution in [2.75, 3.05) is 0 Å². The van der Waals surface area contributed by atoms with Crippen molar-refractivity contribution in [3.63, 3.8) is 0 Å². The number of nitrogens with one attached hydrogen (secondary N) is 2. The maximum absolute atomic E-state index is 13.0. The van der Waals surface area contributed by atoms with Crippen LogP contribution in [0.4, 0.5) is 0 Å². The van der Waals surface area contributed by atoms with E-state index in [9.17, 15) is 19.5 Å². The van der Waals surface area contributed by atoms with E-state index in [0.29, 0.717) is 5.56 Å². The monoisotopic (exact) mass is 493 g/mol. The largest absolute Gasteiger partial charge is 0.481 e. The van der Waals surface area contributed by atoms with Gasteiger partial charge in [-0.15, -0.1) is 0 Å². The van der Waals surface area contributed by atoms with Crippen LogP contribution in [0.3, 0.4) is 0 Å². The van der Waals surface area contributed by atoms with Crippen LogP contribution in [0.2, 0.25) is 0 Å². The van der Waals surface area contributed by atoms with Crippen molar-refractivity contribution in [2.24, 2.45) is 0 Å². The minimum atomic E-state index is -1.15. The van der Waals surface area contributed by atoms with Crippen LogP contribution in [-0.2, 0) is 33.3 Å². The molecule has 4 heterocycles. The van der Waals surface area contributed by atoms with E-state index in [1.807, 2.05) is 0 Å². The number of aromatic nitrogens is 1. The van der Waals surface area contributed by atoms with Crippen molar-refractivity contribution in [2.45, 2.75) is 95.4 Å². The first-order chi connectivity index (χ1) is 16.3. The Morgan fingerprint density at radius 1 is 1.03 bits per heavy atom. The van der Waals surface area contributed by atoms with Gasteiger partial charge in [-0.1, -0.05) is 0 Å². The smallest absolute Gasteiger partial charge is 0.305 e. The fourth-order valence-corrected chi connectivity index (χ4v) is 4.55. The molecule has 0 aromatic carbocycles.